The zero-order chi connectivity index (χ0) is 13.2. The summed E-state index contributed by atoms with van der Waals surface area (Å²) in [6.07, 6.45) is 0.756. The molecule has 0 aliphatic carbocycles. The molecule has 3 nitrogen and oxygen atoms in total. The molecule has 3 rings (SSSR count). The first-order valence-corrected chi connectivity index (χ1v) is 6.66. The molecular weight excluding hydrogens is 238 g/mol. The molecule has 98 valence electrons. The van der Waals surface area contributed by atoms with Crippen LogP contribution in [-0.2, 0) is 11.2 Å². The lowest BCUT2D eigenvalue weighted by Gasteiger charge is -2.16. The van der Waals surface area contributed by atoms with Crippen molar-refractivity contribution in [1.82, 2.24) is 4.90 Å². The first-order chi connectivity index (χ1) is 9.24. The summed E-state index contributed by atoms with van der Waals surface area (Å²) in [5, 5.41) is 11.8. The summed E-state index contributed by atoms with van der Waals surface area (Å²) in [4.78, 5) is 14.0. The first-order valence-electron chi connectivity index (χ1n) is 6.66. The van der Waals surface area contributed by atoms with Gasteiger partial charge in [-0.05, 0) is 22.8 Å². The summed E-state index contributed by atoms with van der Waals surface area (Å²) in [6, 6.07) is 14.2. The van der Waals surface area contributed by atoms with Crippen molar-refractivity contribution in [2.45, 2.75) is 18.9 Å². The third kappa shape index (κ3) is 2.47. The fraction of sp³-hybridized carbons (Fsp3) is 0.312. The molecule has 1 atom stereocenters. The summed E-state index contributed by atoms with van der Waals surface area (Å²) in [5.74, 6) is 0.105. The molecule has 1 saturated heterocycles. The third-order valence-corrected chi connectivity index (χ3v) is 3.74. The predicted octanol–water partition coefficient (Wildman–Crippen LogP) is 1.98. The number of nitrogens with zero attached hydrogens (tertiary/aromatic N) is 1. The van der Waals surface area contributed by atoms with Crippen LogP contribution in [0.5, 0.6) is 0 Å². The van der Waals surface area contributed by atoms with Crippen LogP contribution in [0.1, 0.15) is 12.0 Å². The van der Waals surface area contributed by atoms with E-state index in [2.05, 4.69) is 18.2 Å². The quantitative estimate of drug-likeness (QED) is 0.891. The average molecular weight is 255 g/mol. The van der Waals surface area contributed by atoms with E-state index in [1.54, 1.807) is 4.90 Å². The molecule has 1 fully saturated rings. The van der Waals surface area contributed by atoms with Crippen molar-refractivity contribution in [2.75, 3.05) is 13.1 Å². The Morgan fingerprint density at radius 1 is 1.21 bits per heavy atom. The van der Waals surface area contributed by atoms with Gasteiger partial charge in [0.15, 0.2) is 0 Å². The number of benzene rings is 2. The van der Waals surface area contributed by atoms with Gasteiger partial charge in [0.25, 0.3) is 0 Å². The average Bonchev–Trinajstić information content (AvgIpc) is 2.86. The summed E-state index contributed by atoms with van der Waals surface area (Å²) in [5.41, 5.74) is 1.06. The van der Waals surface area contributed by atoms with Gasteiger partial charge in [-0.15, -0.1) is 0 Å². The summed E-state index contributed by atoms with van der Waals surface area (Å²) in [6.45, 7) is 1.15. The molecule has 1 amide bonds. The molecule has 1 heterocycles. The minimum Gasteiger partial charge on any atom is -0.391 e. The van der Waals surface area contributed by atoms with Crippen LogP contribution in [0.25, 0.3) is 10.8 Å². The highest BCUT2D eigenvalue weighted by molar-refractivity contribution is 5.90. The van der Waals surface area contributed by atoms with Gasteiger partial charge >= 0.3 is 0 Å². The van der Waals surface area contributed by atoms with Crippen molar-refractivity contribution >= 4 is 16.7 Å². The second-order valence-electron chi connectivity index (χ2n) is 5.10. The van der Waals surface area contributed by atoms with E-state index in [0.717, 1.165) is 16.3 Å². The summed E-state index contributed by atoms with van der Waals surface area (Å²) < 4.78 is 0. The van der Waals surface area contributed by atoms with Crippen LogP contribution in [0.4, 0.5) is 0 Å². The van der Waals surface area contributed by atoms with Gasteiger partial charge in [0.2, 0.25) is 5.91 Å². The van der Waals surface area contributed by atoms with Crippen molar-refractivity contribution in [3.05, 3.63) is 48.0 Å². The lowest BCUT2D eigenvalue weighted by Crippen LogP contribution is -2.30. The molecule has 1 aliphatic heterocycles. The Bertz CT molecular complexity index is 603. The Balaban J connectivity index is 1.83. The van der Waals surface area contributed by atoms with E-state index in [-0.39, 0.29) is 12.0 Å². The second kappa shape index (κ2) is 5.02. The SMILES string of the molecule is O=C(Cc1cccc2ccccc12)N1CC[C@@H](O)C1. The Morgan fingerprint density at radius 3 is 2.79 bits per heavy atom. The van der Waals surface area contributed by atoms with Gasteiger partial charge in [-0.1, -0.05) is 42.5 Å². The highest BCUT2D eigenvalue weighted by Crippen LogP contribution is 2.20. The molecule has 0 bridgehead atoms. The molecule has 0 aromatic heterocycles. The molecule has 0 spiro atoms. The summed E-state index contributed by atoms with van der Waals surface area (Å²) >= 11 is 0. The van der Waals surface area contributed by atoms with Crippen LogP contribution in [0, 0.1) is 0 Å². The van der Waals surface area contributed by atoms with Crippen molar-refractivity contribution in [3.63, 3.8) is 0 Å². The number of carbonyl (C=O) groups excluding carboxylic acids is 1. The van der Waals surface area contributed by atoms with Gasteiger partial charge in [0, 0.05) is 13.1 Å². The maximum Gasteiger partial charge on any atom is 0.227 e. The monoisotopic (exact) mass is 255 g/mol. The first kappa shape index (κ1) is 12.2. The van der Waals surface area contributed by atoms with Crippen LogP contribution in [0.2, 0.25) is 0 Å². The Hall–Kier alpha value is -1.87. The number of aliphatic hydroxyl groups is 1. The van der Waals surface area contributed by atoms with E-state index in [4.69, 9.17) is 0 Å². The number of hydrogen-bond acceptors (Lipinski definition) is 2. The molecule has 1 N–H and O–H groups in total. The summed E-state index contributed by atoms with van der Waals surface area (Å²) in [7, 11) is 0. The fourth-order valence-electron chi connectivity index (χ4n) is 2.69. The number of likely N-dealkylation sites (tertiary alicyclic amines) is 1. The molecule has 0 unspecified atom stereocenters. The van der Waals surface area contributed by atoms with E-state index in [0.29, 0.717) is 25.9 Å². The van der Waals surface area contributed by atoms with Crippen molar-refractivity contribution in [2.24, 2.45) is 0 Å². The van der Waals surface area contributed by atoms with Gasteiger partial charge in [-0.2, -0.15) is 0 Å². The van der Waals surface area contributed by atoms with E-state index in [9.17, 15) is 9.90 Å². The lowest BCUT2D eigenvalue weighted by atomic mass is 10.0. The fourth-order valence-corrected chi connectivity index (χ4v) is 2.69. The van der Waals surface area contributed by atoms with Gasteiger partial charge in [-0.3, -0.25) is 4.79 Å². The van der Waals surface area contributed by atoms with Gasteiger partial charge in [-0.25, -0.2) is 0 Å². The van der Waals surface area contributed by atoms with Gasteiger partial charge in [0.05, 0.1) is 12.5 Å². The molecule has 1 aliphatic rings. The standard InChI is InChI=1S/C16H17NO2/c18-14-8-9-17(11-14)16(19)10-13-6-3-5-12-4-1-2-7-15(12)13/h1-7,14,18H,8-11H2/t14-/m1/s1. The van der Waals surface area contributed by atoms with E-state index < -0.39 is 0 Å². The van der Waals surface area contributed by atoms with Crippen LogP contribution >= 0.6 is 0 Å². The van der Waals surface area contributed by atoms with Crippen LogP contribution in [-0.4, -0.2) is 35.1 Å². The van der Waals surface area contributed by atoms with Crippen molar-refractivity contribution < 1.29 is 9.90 Å². The maximum atomic E-state index is 12.2. The van der Waals surface area contributed by atoms with Gasteiger partial charge < -0.3 is 10.0 Å². The van der Waals surface area contributed by atoms with Crippen LogP contribution in [0.15, 0.2) is 42.5 Å². The molecule has 0 radical (unpaired) electrons. The minimum atomic E-state index is -0.350. The molecule has 2 aromatic carbocycles. The molecule has 2 aromatic rings. The van der Waals surface area contributed by atoms with Crippen LogP contribution < -0.4 is 0 Å². The maximum absolute atomic E-state index is 12.2. The third-order valence-electron chi connectivity index (χ3n) is 3.74. The topological polar surface area (TPSA) is 40.5 Å². The van der Waals surface area contributed by atoms with Crippen molar-refractivity contribution in [1.29, 1.82) is 0 Å². The molecule has 19 heavy (non-hydrogen) atoms. The minimum absolute atomic E-state index is 0.105. The Morgan fingerprint density at radius 2 is 2.00 bits per heavy atom. The number of amides is 1. The van der Waals surface area contributed by atoms with E-state index in [1.807, 2.05) is 24.3 Å². The molecule has 3 heteroatoms. The predicted molar refractivity (Wildman–Crippen MR) is 74.9 cm³/mol. The van der Waals surface area contributed by atoms with E-state index >= 15 is 0 Å². The number of carbonyl (C=O) groups is 1. The van der Waals surface area contributed by atoms with Crippen molar-refractivity contribution in [3.8, 4) is 0 Å². The number of β-amino-alcohol motifs (C(OH)–C–C–N with tert-alkyl or cyclic N) is 1. The Labute approximate surface area is 112 Å². The Kier molecular flexibility index (Phi) is 3.22. The van der Waals surface area contributed by atoms with E-state index in [1.165, 1.54) is 0 Å². The number of rotatable bonds is 2. The lowest BCUT2D eigenvalue weighted by molar-refractivity contribution is -0.129. The number of fused-ring (bicyclic) bond motifs is 1. The normalized spacial score (nSPS) is 19.0. The highest BCUT2D eigenvalue weighted by Gasteiger charge is 2.24. The second-order valence-corrected chi connectivity index (χ2v) is 5.10. The van der Waals surface area contributed by atoms with Gasteiger partial charge in [0.1, 0.15) is 0 Å². The smallest absolute Gasteiger partial charge is 0.227 e. The molecule has 0 saturated carbocycles. The highest BCUT2D eigenvalue weighted by atomic mass is 16.3. The molecular formula is C16H17NO2. The van der Waals surface area contributed by atoms with Crippen LogP contribution in [0.3, 0.4) is 0 Å². The largest absolute Gasteiger partial charge is 0.391 e. The number of aliphatic hydroxyl groups excluding tert-OH is 1. The zero-order valence-corrected chi connectivity index (χ0v) is 10.7. The number of hydrogen-bond donors (Lipinski definition) is 1. The zero-order valence-electron chi connectivity index (χ0n) is 10.7.